The Labute approximate surface area is 127 Å². The number of aliphatic hydroxyl groups is 1. The predicted octanol–water partition coefficient (Wildman–Crippen LogP) is 5.04. The molecule has 1 N–H and O–H groups in total. The maximum atomic E-state index is 11.5. The fourth-order valence-electron chi connectivity index (χ4n) is 5.44. The van der Waals surface area contributed by atoms with Crippen LogP contribution in [0, 0.1) is 11.3 Å². The molecule has 1 aromatic rings. The van der Waals surface area contributed by atoms with E-state index in [-0.39, 0.29) is 16.7 Å². The summed E-state index contributed by atoms with van der Waals surface area (Å²) in [6.07, 6.45) is 4.34. The van der Waals surface area contributed by atoms with E-state index in [9.17, 15) is 5.11 Å². The van der Waals surface area contributed by atoms with Crippen LogP contribution in [0.1, 0.15) is 64.5 Å². The molecule has 1 saturated carbocycles. The molecule has 20 heavy (non-hydrogen) atoms. The molecule has 2 aliphatic rings. The zero-order valence-electron chi connectivity index (χ0n) is 13.0. The highest BCUT2D eigenvalue weighted by atomic mass is 35.5. The van der Waals surface area contributed by atoms with E-state index in [1.165, 1.54) is 18.4 Å². The van der Waals surface area contributed by atoms with Crippen molar-refractivity contribution in [2.45, 2.75) is 64.4 Å². The number of rotatable bonds is 1. The highest BCUT2D eigenvalue weighted by molar-refractivity contribution is 6.30. The molecule has 2 aliphatic carbocycles. The van der Waals surface area contributed by atoms with Gasteiger partial charge in [-0.25, -0.2) is 0 Å². The standard InChI is InChI=1S/C18H25ClO/c1-5-18(20)13-8-7-12(19)11-14(13)17(4)10-6-9-16(2,3)15(17)18/h7-8,11,15,20H,5-6,9-10H2,1-4H3/t15-,17+,18+/m1/s1. The van der Waals surface area contributed by atoms with Gasteiger partial charge in [0, 0.05) is 10.9 Å². The van der Waals surface area contributed by atoms with Crippen LogP contribution in [0.5, 0.6) is 0 Å². The molecule has 0 aromatic heterocycles. The molecule has 1 nitrogen and oxygen atoms in total. The minimum atomic E-state index is -0.710. The Balaban J connectivity index is 2.29. The molecule has 110 valence electrons. The second-order valence-corrected chi connectivity index (χ2v) is 8.10. The van der Waals surface area contributed by atoms with Gasteiger partial charge in [-0.05, 0) is 53.4 Å². The molecule has 0 spiro atoms. The summed E-state index contributed by atoms with van der Waals surface area (Å²) in [4.78, 5) is 0. The zero-order valence-corrected chi connectivity index (χ0v) is 13.7. The first-order chi connectivity index (χ1) is 9.25. The van der Waals surface area contributed by atoms with Gasteiger partial charge < -0.3 is 5.11 Å². The minimum Gasteiger partial charge on any atom is -0.385 e. The molecule has 0 bridgehead atoms. The molecule has 0 aliphatic heterocycles. The molecule has 2 heteroatoms. The molecule has 1 fully saturated rings. The monoisotopic (exact) mass is 292 g/mol. The van der Waals surface area contributed by atoms with E-state index in [0.29, 0.717) is 0 Å². The second-order valence-electron chi connectivity index (χ2n) is 7.66. The summed E-state index contributed by atoms with van der Waals surface area (Å²) in [7, 11) is 0. The molecule has 0 heterocycles. The van der Waals surface area contributed by atoms with E-state index in [2.05, 4.69) is 39.8 Å². The second kappa shape index (κ2) is 4.24. The van der Waals surface area contributed by atoms with Crippen molar-refractivity contribution in [2.75, 3.05) is 0 Å². The first-order valence-electron chi connectivity index (χ1n) is 7.78. The Hall–Kier alpha value is -0.530. The minimum absolute atomic E-state index is 0.0484. The van der Waals surface area contributed by atoms with Crippen LogP contribution in [0.15, 0.2) is 18.2 Å². The van der Waals surface area contributed by atoms with Crippen molar-refractivity contribution in [1.29, 1.82) is 0 Å². The van der Waals surface area contributed by atoms with Gasteiger partial charge in [-0.1, -0.05) is 51.8 Å². The lowest BCUT2D eigenvalue weighted by atomic mass is 9.53. The highest BCUT2D eigenvalue weighted by Gasteiger charge is 2.62. The van der Waals surface area contributed by atoms with Crippen molar-refractivity contribution in [2.24, 2.45) is 11.3 Å². The predicted molar refractivity (Wildman–Crippen MR) is 84.1 cm³/mol. The summed E-state index contributed by atoms with van der Waals surface area (Å²) in [6.45, 7) is 9.09. The first kappa shape index (κ1) is 14.4. The van der Waals surface area contributed by atoms with Crippen molar-refractivity contribution < 1.29 is 5.11 Å². The third kappa shape index (κ3) is 1.66. The molecule has 0 unspecified atom stereocenters. The van der Waals surface area contributed by atoms with Crippen LogP contribution in [-0.2, 0) is 11.0 Å². The summed E-state index contributed by atoms with van der Waals surface area (Å²) in [5, 5.41) is 12.3. The molecule has 0 amide bonds. The molecule has 0 radical (unpaired) electrons. The van der Waals surface area contributed by atoms with Crippen LogP contribution in [0.4, 0.5) is 0 Å². The smallest absolute Gasteiger partial charge is 0.0938 e. The zero-order chi connectivity index (χ0) is 14.8. The van der Waals surface area contributed by atoms with Gasteiger partial charge in [-0.15, -0.1) is 0 Å². The average molecular weight is 293 g/mol. The van der Waals surface area contributed by atoms with E-state index < -0.39 is 5.60 Å². The van der Waals surface area contributed by atoms with Crippen LogP contribution < -0.4 is 0 Å². The van der Waals surface area contributed by atoms with E-state index in [1.807, 2.05) is 6.07 Å². The first-order valence-corrected chi connectivity index (χ1v) is 8.16. The van der Waals surface area contributed by atoms with Gasteiger partial charge in [-0.3, -0.25) is 0 Å². The maximum Gasteiger partial charge on any atom is 0.0938 e. The number of hydrogen-bond donors (Lipinski definition) is 1. The molecule has 3 atom stereocenters. The van der Waals surface area contributed by atoms with Crippen molar-refractivity contribution in [3.05, 3.63) is 34.3 Å². The Morgan fingerprint density at radius 2 is 1.90 bits per heavy atom. The van der Waals surface area contributed by atoms with E-state index >= 15 is 0 Å². The SMILES string of the molecule is CC[C@]1(O)c2ccc(Cl)cc2[C@]2(C)CCCC(C)(C)[C@H]21. The number of halogens is 1. The third-order valence-electron chi connectivity index (χ3n) is 6.02. The molecule has 0 saturated heterocycles. The highest BCUT2D eigenvalue weighted by Crippen LogP contribution is 2.65. The van der Waals surface area contributed by atoms with Crippen LogP contribution in [0.3, 0.4) is 0 Å². The van der Waals surface area contributed by atoms with Gasteiger partial charge in [0.15, 0.2) is 0 Å². The molecular weight excluding hydrogens is 268 g/mol. The quantitative estimate of drug-likeness (QED) is 0.769. The van der Waals surface area contributed by atoms with Crippen molar-refractivity contribution in [3.63, 3.8) is 0 Å². The van der Waals surface area contributed by atoms with E-state index in [0.717, 1.165) is 23.4 Å². The van der Waals surface area contributed by atoms with Gasteiger partial charge in [0.05, 0.1) is 5.60 Å². The average Bonchev–Trinajstić information content (AvgIpc) is 2.56. The van der Waals surface area contributed by atoms with Crippen molar-refractivity contribution >= 4 is 11.6 Å². The van der Waals surface area contributed by atoms with E-state index in [4.69, 9.17) is 11.6 Å². The Kier molecular flexibility index (Phi) is 3.05. The Bertz CT molecular complexity index is 550. The summed E-state index contributed by atoms with van der Waals surface area (Å²) in [5.41, 5.74) is 1.90. The number of fused-ring (bicyclic) bond motifs is 3. The van der Waals surface area contributed by atoms with Gasteiger partial charge in [0.1, 0.15) is 0 Å². The summed E-state index contributed by atoms with van der Waals surface area (Å²) < 4.78 is 0. The van der Waals surface area contributed by atoms with Gasteiger partial charge in [0.2, 0.25) is 0 Å². The van der Waals surface area contributed by atoms with Gasteiger partial charge in [0.25, 0.3) is 0 Å². The Morgan fingerprint density at radius 1 is 1.20 bits per heavy atom. The van der Waals surface area contributed by atoms with Gasteiger partial charge >= 0.3 is 0 Å². The van der Waals surface area contributed by atoms with Crippen LogP contribution in [0.2, 0.25) is 5.02 Å². The summed E-state index contributed by atoms with van der Waals surface area (Å²) in [6, 6.07) is 6.08. The third-order valence-corrected chi connectivity index (χ3v) is 6.25. The molecule has 1 aromatic carbocycles. The molecular formula is C18H25ClO. The summed E-state index contributed by atoms with van der Waals surface area (Å²) >= 11 is 6.24. The van der Waals surface area contributed by atoms with Crippen LogP contribution in [0.25, 0.3) is 0 Å². The van der Waals surface area contributed by atoms with Crippen LogP contribution in [-0.4, -0.2) is 5.11 Å². The molecule has 3 rings (SSSR count). The lowest BCUT2D eigenvalue weighted by Crippen LogP contribution is -2.50. The van der Waals surface area contributed by atoms with Crippen molar-refractivity contribution in [3.8, 4) is 0 Å². The maximum absolute atomic E-state index is 11.5. The lowest BCUT2D eigenvalue weighted by molar-refractivity contribution is -0.110. The fourth-order valence-corrected chi connectivity index (χ4v) is 5.61. The van der Waals surface area contributed by atoms with Crippen LogP contribution >= 0.6 is 11.6 Å². The van der Waals surface area contributed by atoms with Crippen molar-refractivity contribution in [1.82, 2.24) is 0 Å². The number of hydrogen-bond acceptors (Lipinski definition) is 1. The van der Waals surface area contributed by atoms with Gasteiger partial charge in [-0.2, -0.15) is 0 Å². The number of benzene rings is 1. The largest absolute Gasteiger partial charge is 0.385 e. The fraction of sp³-hybridized carbons (Fsp3) is 0.667. The Morgan fingerprint density at radius 3 is 2.55 bits per heavy atom. The topological polar surface area (TPSA) is 20.2 Å². The lowest BCUT2D eigenvalue weighted by Gasteiger charge is -2.52. The normalized spacial score (nSPS) is 38.4. The van der Waals surface area contributed by atoms with E-state index in [1.54, 1.807) is 0 Å². The summed E-state index contributed by atoms with van der Waals surface area (Å²) in [5.74, 6) is 0.273.